The molecular weight excluding hydrogens is 298 g/mol. The summed E-state index contributed by atoms with van der Waals surface area (Å²) >= 11 is 1.73. The molecule has 0 spiro atoms. The maximum Gasteiger partial charge on any atom is 0.224 e. The largest absolute Gasteiger partial charge is 0.326 e. The number of hydrogen-bond acceptors (Lipinski definition) is 5. The average molecular weight is 313 g/mol. The average Bonchev–Trinajstić information content (AvgIpc) is 3.21. The third-order valence-corrected chi connectivity index (χ3v) is 4.11. The Labute approximate surface area is 131 Å². The molecule has 112 valence electrons. The maximum absolute atomic E-state index is 11.9. The zero-order chi connectivity index (χ0) is 15.2. The van der Waals surface area contributed by atoms with Crippen molar-refractivity contribution < 1.29 is 4.79 Å². The Kier molecular flexibility index (Phi) is 4.55. The van der Waals surface area contributed by atoms with E-state index in [9.17, 15) is 4.79 Å². The third kappa shape index (κ3) is 3.76. The van der Waals surface area contributed by atoms with E-state index in [4.69, 9.17) is 0 Å². The van der Waals surface area contributed by atoms with E-state index in [1.165, 1.54) is 11.2 Å². The van der Waals surface area contributed by atoms with Crippen LogP contribution in [0.2, 0.25) is 0 Å². The van der Waals surface area contributed by atoms with E-state index in [-0.39, 0.29) is 5.91 Å². The molecule has 2 heterocycles. The molecular formula is C15H15N5OS. The monoisotopic (exact) mass is 313 g/mol. The van der Waals surface area contributed by atoms with Gasteiger partial charge in [0.25, 0.3) is 0 Å². The van der Waals surface area contributed by atoms with Gasteiger partial charge in [0.1, 0.15) is 6.33 Å². The van der Waals surface area contributed by atoms with E-state index in [1.807, 2.05) is 30.3 Å². The highest BCUT2D eigenvalue weighted by Crippen LogP contribution is 2.14. The first-order valence-electron chi connectivity index (χ1n) is 6.97. The molecule has 1 amide bonds. The lowest BCUT2D eigenvalue weighted by atomic mass is 10.2. The van der Waals surface area contributed by atoms with Crippen LogP contribution in [0, 0.1) is 0 Å². The number of nitrogens with one attached hydrogen (secondary N) is 1. The Bertz CT molecular complexity index is 707. The number of aromatic nitrogens is 4. The number of carbonyl (C=O) groups excluding carboxylic acids is 1. The van der Waals surface area contributed by atoms with Crippen molar-refractivity contribution in [3.05, 3.63) is 53.0 Å². The molecule has 22 heavy (non-hydrogen) atoms. The van der Waals surface area contributed by atoms with Gasteiger partial charge >= 0.3 is 0 Å². The molecule has 0 bridgehead atoms. The standard InChI is InChI=1S/C15H15N5OS/c21-15(5-1-3-14-4-2-10-22-14)17-12-6-8-13(9-7-12)20-11-16-18-19-20/h2,4,6-11H,1,3,5H2,(H,17,21). The minimum atomic E-state index is 0.0340. The fourth-order valence-corrected chi connectivity index (χ4v) is 2.83. The summed E-state index contributed by atoms with van der Waals surface area (Å²) in [6.07, 6.45) is 3.85. The Morgan fingerprint density at radius 2 is 2.09 bits per heavy atom. The number of aryl methyl sites for hydroxylation is 1. The van der Waals surface area contributed by atoms with Crippen LogP contribution >= 0.6 is 11.3 Å². The number of anilines is 1. The van der Waals surface area contributed by atoms with Crippen molar-refractivity contribution in [2.45, 2.75) is 19.3 Å². The van der Waals surface area contributed by atoms with Crippen molar-refractivity contribution in [3.8, 4) is 5.69 Å². The SMILES string of the molecule is O=C(CCCc1cccs1)Nc1ccc(-n2cnnn2)cc1. The van der Waals surface area contributed by atoms with Crippen LogP contribution in [0.4, 0.5) is 5.69 Å². The summed E-state index contributed by atoms with van der Waals surface area (Å²) in [6.45, 7) is 0. The summed E-state index contributed by atoms with van der Waals surface area (Å²) < 4.78 is 1.56. The zero-order valence-corrected chi connectivity index (χ0v) is 12.7. The lowest BCUT2D eigenvalue weighted by Crippen LogP contribution is -2.11. The number of carbonyl (C=O) groups is 1. The topological polar surface area (TPSA) is 72.7 Å². The molecule has 0 fully saturated rings. The van der Waals surface area contributed by atoms with Crippen molar-refractivity contribution >= 4 is 22.9 Å². The van der Waals surface area contributed by atoms with E-state index in [2.05, 4.69) is 32.3 Å². The molecule has 6 nitrogen and oxygen atoms in total. The summed E-state index contributed by atoms with van der Waals surface area (Å²) in [6, 6.07) is 11.5. The van der Waals surface area contributed by atoms with E-state index in [0.717, 1.165) is 24.2 Å². The zero-order valence-electron chi connectivity index (χ0n) is 11.8. The minimum Gasteiger partial charge on any atom is -0.326 e. The molecule has 2 aromatic heterocycles. The van der Waals surface area contributed by atoms with Crippen LogP contribution in [0.15, 0.2) is 48.1 Å². The first-order valence-corrected chi connectivity index (χ1v) is 7.85. The fourth-order valence-electron chi connectivity index (χ4n) is 2.08. The second-order valence-corrected chi connectivity index (χ2v) is 5.81. The van der Waals surface area contributed by atoms with Crippen molar-refractivity contribution in [3.63, 3.8) is 0 Å². The van der Waals surface area contributed by atoms with E-state index in [1.54, 1.807) is 16.0 Å². The van der Waals surface area contributed by atoms with Crippen molar-refractivity contribution in [2.75, 3.05) is 5.32 Å². The van der Waals surface area contributed by atoms with Gasteiger partial charge in [-0.1, -0.05) is 6.07 Å². The van der Waals surface area contributed by atoms with Gasteiger partial charge in [0, 0.05) is 17.0 Å². The van der Waals surface area contributed by atoms with Crippen LogP contribution in [0.5, 0.6) is 0 Å². The maximum atomic E-state index is 11.9. The number of tetrazole rings is 1. The molecule has 0 atom stereocenters. The van der Waals surface area contributed by atoms with Crippen LogP contribution in [0.25, 0.3) is 5.69 Å². The Balaban J connectivity index is 1.49. The van der Waals surface area contributed by atoms with Gasteiger partial charge in [0.2, 0.25) is 5.91 Å². The summed E-state index contributed by atoms with van der Waals surface area (Å²) in [5.41, 5.74) is 1.62. The van der Waals surface area contributed by atoms with E-state index in [0.29, 0.717) is 6.42 Å². The molecule has 0 aliphatic rings. The minimum absolute atomic E-state index is 0.0340. The second-order valence-electron chi connectivity index (χ2n) is 4.78. The predicted molar refractivity (Wildman–Crippen MR) is 85.0 cm³/mol. The van der Waals surface area contributed by atoms with Gasteiger partial charge in [-0.3, -0.25) is 4.79 Å². The van der Waals surface area contributed by atoms with E-state index < -0.39 is 0 Å². The molecule has 1 aromatic carbocycles. The van der Waals surface area contributed by atoms with Gasteiger partial charge in [-0.05, 0) is 59.0 Å². The van der Waals surface area contributed by atoms with Gasteiger partial charge in [-0.15, -0.1) is 16.4 Å². The van der Waals surface area contributed by atoms with Crippen LogP contribution in [-0.4, -0.2) is 26.1 Å². The molecule has 0 aliphatic carbocycles. The number of benzene rings is 1. The van der Waals surface area contributed by atoms with Crippen molar-refractivity contribution in [2.24, 2.45) is 0 Å². The second kappa shape index (κ2) is 6.95. The number of hydrogen-bond donors (Lipinski definition) is 1. The molecule has 0 aliphatic heterocycles. The predicted octanol–water partition coefficient (Wildman–Crippen LogP) is 2.69. The van der Waals surface area contributed by atoms with Gasteiger partial charge in [-0.2, -0.15) is 0 Å². The number of thiophene rings is 1. The summed E-state index contributed by atoms with van der Waals surface area (Å²) in [7, 11) is 0. The number of nitrogens with zero attached hydrogens (tertiary/aromatic N) is 4. The van der Waals surface area contributed by atoms with Gasteiger partial charge in [0.15, 0.2) is 0 Å². The lowest BCUT2D eigenvalue weighted by Gasteiger charge is -2.06. The van der Waals surface area contributed by atoms with Crippen LogP contribution in [-0.2, 0) is 11.2 Å². The van der Waals surface area contributed by atoms with Crippen LogP contribution < -0.4 is 5.32 Å². The molecule has 0 unspecified atom stereocenters. The number of amides is 1. The lowest BCUT2D eigenvalue weighted by molar-refractivity contribution is -0.116. The van der Waals surface area contributed by atoms with E-state index >= 15 is 0 Å². The normalized spacial score (nSPS) is 10.5. The van der Waals surface area contributed by atoms with Crippen LogP contribution in [0.3, 0.4) is 0 Å². The fraction of sp³-hybridized carbons (Fsp3) is 0.200. The Hall–Kier alpha value is -2.54. The molecule has 0 saturated heterocycles. The Morgan fingerprint density at radius 3 is 2.77 bits per heavy atom. The Morgan fingerprint density at radius 1 is 1.23 bits per heavy atom. The molecule has 0 radical (unpaired) electrons. The van der Waals surface area contributed by atoms with Crippen molar-refractivity contribution in [1.29, 1.82) is 0 Å². The van der Waals surface area contributed by atoms with Crippen LogP contribution in [0.1, 0.15) is 17.7 Å². The molecule has 7 heteroatoms. The van der Waals surface area contributed by atoms with Gasteiger partial charge < -0.3 is 5.32 Å². The summed E-state index contributed by atoms with van der Waals surface area (Å²) in [5, 5.41) is 15.9. The molecule has 3 rings (SSSR count). The first-order chi connectivity index (χ1) is 10.8. The molecule has 1 N–H and O–H groups in total. The highest BCUT2D eigenvalue weighted by molar-refractivity contribution is 7.09. The molecule has 3 aromatic rings. The highest BCUT2D eigenvalue weighted by Gasteiger charge is 2.04. The van der Waals surface area contributed by atoms with Gasteiger partial charge in [-0.25, -0.2) is 4.68 Å². The third-order valence-electron chi connectivity index (χ3n) is 3.17. The van der Waals surface area contributed by atoms with Gasteiger partial charge in [0.05, 0.1) is 5.69 Å². The summed E-state index contributed by atoms with van der Waals surface area (Å²) in [5.74, 6) is 0.0340. The van der Waals surface area contributed by atoms with Crippen molar-refractivity contribution in [1.82, 2.24) is 20.2 Å². The smallest absolute Gasteiger partial charge is 0.224 e. The quantitative estimate of drug-likeness (QED) is 0.759. The molecule has 0 saturated carbocycles. The summed E-state index contributed by atoms with van der Waals surface area (Å²) in [4.78, 5) is 13.2. The first kappa shape index (κ1) is 14.4. The highest BCUT2D eigenvalue weighted by atomic mass is 32.1. The number of rotatable bonds is 6.